The number of hydrogen-bond donors (Lipinski definition) is 2. The third-order valence-electron chi connectivity index (χ3n) is 3.92. The second-order valence-corrected chi connectivity index (χ2v) is 7.31. The van der Waals surface area contributed by atoms with Crippen LogP contribution in [0.2, 0.25) is 0 Å². The van der Waals surface area contributed by atoms with Crippen molar-refractivity contribution in [2.45, 2.75) is 51.9 Å². The molecule has 8 heteroatoms. The molecule has 1 heterocycles. The number of aliphatic hydroxyl groups is 1. The summed E-state index contributed by atoms with van der Waals surface area (Å²) in [6.45, 7) is 7.66. The highest BCUT2D eigenvalue weighted by molar-refractivity contribution is 5.68. The predicted octanol–water partition coefficient (Wildman–Crippen LogP) is 2.69. The van der Waals surface area contributed by atoms with Crippen LogP contribution >= 0.6 is 0 Å². The van der Waals surface area contributed by atoms with Crippen molar-refractivity contribution in [1.82, 2.24) is 4.90 Å². The smallest absolute Gasteiger partial charge is 0.410 e. The minimum atomic E-state index is -0.845. The number of β-amino-alcohol motifs (C(OH)–C–C–N with tert-alkyl or cyclic N) is 1. The molecule has 1 aliphatic rings. The third-order valence-corrected chi connectivity index (χ3v) is 3.92. The van der Waals surface area contributed by atoms with E-state index in [9.17, 15) is 20.0 Å². The lowest BCUT2D eigenvalue weighted by Crippen LogP contribution is -2.52. The Morgan fingerprint density at radius 1 is 1.44 bits per heavy atom. The summed E-state index contributed by atoms with van der Waals surface area (Å²) in [5.74, 6) is 0. The maximum Gasteiger partial charge on any atom is 0.410 e. The zero-order valence-electron chi connectivity index (χ0n) is 15.0. The molecule has 1 amide bonds. The Hall–Kier alpha value is -2.35. The van der Waals surface area contributed by atoms with E-state index >= 15 is 0 Å². The largest absolute Gasteiger partial charge is 0.444 e. The molecule has 1 aromatic rings. The van der Waals surface area contributed by atoms with Gasteiger partial charge in [-0.05, 0) is 45.7 Å². The average molecular weight is 351 g/mol. The van der Waals surface area contributed by atoms with E-state index in [-0.39, 0.29) is 18.3 Å². The molecule has 0 unspecified atom stereocenters. The van der Waals surface area contributed by atoms with Crippen LogP contribution in [0.1, 0.15) is 32.8 Å². The molecule has 1 aromatic carbocycles. The number of benzene rings is 1. The van der Waals surface area contributed by atoms with Crippen LogP contribution in [-0.2, 0) is 4.74 Å². The van der Waals surface area contributed by atoms with E-state index in [1.807, 2.05) is 0 Å². The molecule has 0 spiro atoms. The lowest BCUT2D eigenvalue weighted by molar-refractivity contribution is -0.384. The lowest BCUT2D eigenvalue weighted by atomic mass is 10.0. The van der Waals surface area contributed by atoms with Gasteiger partial charge in [-0.15, -0.1) is 0 Å². The van der Waals surface area contributed by atoms with Gasteiger partial charge in [0, 0.05) is 12.6 Å². The van der Waals surface area contributed by atoms with Crippen LogP contribution < -0.4 is 5.32 Å². The zero-order valence-corrected chi connectivity index (χ0v) is 15.0. The molecule has 8 nitrogen and oxygen atoms in total. The summed E-state index contributed by atoms with van der Waals surface area (Å²) in [5, 5.41) is 24.6. The van der Waals surface area contributed by atoms with Gasteiger partial charge in [-0.1, -0.05) is 6.07 Å². The number of hydrogen-bond acceptors (Lipinski definition) is 6. The van der Waals surface area contributed by atoms with Crippen LogP contribution in [0.3, 0.4) is 0 Å². The Bertz CT molecular complexity index is 656. The summed E-state index contributed by atoms with van der Waals surface area (Å²) in [6, 6.07) is 4.53. The number of nitro groups is 1. The van der Waals surface area contributed by atoms with Gasteiger partial charge in [0.25, 0.3) is 5.69 Å². The number of likely N-dealkylation sites (tertiary alicyclic amines) is 1. The van der Waals surface area contributed by atoms with Crippen molar-refractivity contribution in [3.05, 3.63) is 33.9 Å². The van der Waals surface area contributed by atoms with Gasteiger partial charge >= 0.3 is 6.09 Å². The molecule has 0 aliphatic carbocycles. The number of anilines is 1. The van der Waals surface area contributed by atoms with E-state index < -0.39 is 22.7 Å². The molecular weight excluding hydrogens is 326 g/mol. The van der Waals surface area contributed by atoms with Crippen molar-refractivity contribution in [3.63, 3.8) is 0 Å². The Morgan fingerprint density at radius 2 is 2.12 bits per heavy atom. The fraction of sp³-hybridized carbons (Fsp3) is 0.588. The summed E-state index contributed by atoms with van der Waals surface area (Å²) in [4.78, 5) is 24.3. The number of aliphatic hydroxyl groups excluding tert-OH is 1. The Labute approximate surface area is 146 Å². The molecular formula is C17H25N3O5. The third kappa shape index (κ3) is 5.06. The number of carbonyl (C=O) groups is 1. The van der Waals surface area contributed by atoms with Crippen molar-refractivity contribution >= 4 is 17.5 Å². The second-order valence-electron chi connectivity index (χ2n) is 7.31. The zero-order chi connectivity index (χ0) is 18.8. The topological polar surface area (TPSA) is 105 Å². The van der Waals surface area contributed by atoms with Crippen LogP contribution in [0.4, 0.5) is 16.2 Å². The van der Waals surface area contributed by atoms with Crippen LogP contribution in [0.25, 0.3) is 0 Å². The van der Waals surface area contributed by atoms with Crippen molar-refractivity contribution < 1.29 is 19.6 Å². The second kappa shape index (κ2) is 7.26. The Balaban J connectivity index is 2.03. The van der Waals surface area contributed by atoms with E-state index in [1.54, 1.807) is 39.8 Å². The monoisotopic (exact) mass is 351 g/mol. The Kier molecular flexibility index (Phi) is 5.52. The molecule has 1 fully saturated rings. The van der Waals surface area contributed by atoms with Gasteiger partial charge in [0.15, 0.2) is 0 Å². The first-order valence-corrected chi connectivity index (χ1v) is 8.24. The number of ether oxygens (including phenoxy) is 1. The molecule has 138 valence electrons. The van der Waals surface area contributed by atoms with E-state index in [0.29, 0.717) is 18.7 Å². The molecule has 2 N–H and O–H groups in total. The molecule has 1 saturated heterocycles. The summed E-state index contributed by atoms with van der Waals surface area (Å²) in [5.41, 5.74) is 0.532. The van der Waals surface area contributed by atoms with Crippen molar-refractivity contribution in [2.75, 3.05) is 18.4 Å². The maximum absolute atomic E-state index is 12.1. The average Bonchev–Trinajstić information content (AvgIpc) is 2.48. The van der Waals surface area contributed by atoms with E-state index in [0.717, 1.165) is 5.56 Å². The minimum Gasteiger partial charge on any atom is -0.444 e. The van der Waals surface area contributed by atoms with Gasteiger partial charge < -0.3 is 20.1 Å². The van der Waals surface area contributed by atoms with E-state index in [4.69, 9.17) is 4.74 Å². The highest BCUT2D eigenvalue weighted by atomic mass is 16.6. The first-order chi connectivity index (χ1) is 11.6. The fourth-order valence-corrected chi connectivity index (χ4v) is 2.71. The number of carbonyl (C=O) groups excluding carboxylic acids is 1. The summed E-state index contributed by atoms with van der Waals surface area (Å²) in [7, 11) is 0. The first kappa shape index (κ1) is 19.0. The summed E-state index contributed by atoms with van der Waals surface area (Å²) < 4.78 is 5.31. The quantitative estimate of drug-likeness (QED) is 0.641. The predicted molar refractivity (Wildman–Crippen MR) is 93.7 cm³/mol. The van der Waals surface area contributed by atoms with Gasteiger partial charge in [0.05, 0.1) is 23.6 Å². The summed E-state index contributed by atoms with van der Waals surface area (Å²) >= 11 is 0. The van der Waals surface area contributed by atoms with Crippen molar-refractivity contribution in [2.24, 2.45) is 0 Å². The van der Waals surface area contributed by atoms with Crippen molar-refractivity contribution in [1.29, 1.82) is 0 Å². The molecule has 0 bridgehead atoms. The van der Waals surface area contributed by atoms with Gasteiger partial charge in [-0.2, -0.15) is 0 Å². The molecule has 0 saturated carbocycles. The normalized spacial score (nSPS) is 20.9. The maximum atomic E-state index is 12.1. The lowest BCUT2D eigenvalue weighted by Gasteiger charge is -2.37. The number of aryl methyl sites for hydroxylation is 1. The first-order valence-electron chi connectivity index (χ1n) is 8.24. The SMILES string of the molecule is Cc1ccc(N[C@H]2CCN(C(=O)OC(C)(C)C)C[C@@H]2O)c([N+](=O)[O-])c1. The van der Waals surface area contributed by atoms with E-state index in [1.165, 1.54) is 11.0 Å². The van der Waals surface area contributed by atoms with Crippen LogP contribution in [-0.4, -0.2) is 51.9 Å². The highest BCUT2D eigenvalue weighted by Gasteiger charge is 2.33. The number of amides is 1. The molecule has 2 rings (SSSR count). The number of piperidine rings is 1. The van der Waals surface area contributed by atoms with Crippen molar-refractivity contribution in [3.8, 4) is 0 Å². The van der Waals surface area contributed by atoms with Gasteiger partial charge in [0.1, 0.15) is 11.3 Å². The Morgan fingerprint density at radius 3 is 2.68 bits per heavy atom. The molecule has 25 heavy (non-hydrogen) atoms. The number of rotatable bonds is 3. The minimum absolute atomic E-state index is 0.0261. The fourth-order valence-electron chi connectivity index (χ4n) is 2.71. The van der Waals surface area contributed by atoms with Gasteiger partial charge in [-0.25, -0.2) is 4.79 Å². The van der Waals surface area contributed by atoms with Crippen LogP contribution in [0, 0.1) is 17.0 Å². The van der Waals surface area contributed by atoms with Crippen LogP contribution in [0.15, 0.2) is 18.2 Å². The van der Waals surface area contributed by atoms with Gasteiger partial charge in [-0.3, -0.25) is 10.1 Å². The highest BCUT2D eigenvalue weighted by Crippen LogP contribution is 2.28. The molecule has 2 atom stereocenters. The van der Waals surface area contributed by atoms with Crippen LogP contribution in [0.5, 0.6) is 0 Å². The standard InChI is InChI=1S/C17H25N3O5/c1-11-5-6-12(14(9-11)20(23)24)18-13-7-8-19(10-15(13)21)16(22)25-17(2,3)4/h5-6,9,13,15,18,21H,7-8,10H2,1-4H3/t13-,15-/m0/s1. The number of nitrogens with zero attached hydrogens (tertiary/aromatic N) is 2. The molecule has 0 aromatic heterocycles. The van der Waals surface area contributed by atoms with E-state index in [2.05, 4.69) is 5.32 Å². The number of nitro benzene ring substituents is 1. The molecule has 0 radical (unpaired) electrons. The summed E-state index contributed by atoms with van der Waals surface area (Å²) in [6.07, 6.45) is -0.848. The van der Waals surface area contributed by atoms with Gasteiger partial charge in [0.2, 0.25) is 0 Å². The molecule has 1 aliphatic heterocycles. The number of nitrogens with one attached hydrogen (secondary N) is 1.